The average Bonchev–Trinajstić information content (AvgIpc) is 2.46. The third-order valence-corrected chi connectivity index (χ3v) is 4.01. The summed E-state index contributed by atoms with van der Waals surface area (Å²) in [5, 5.41) is 0.639. The van der Waals surface area contributed by atoms with Crippen LogP contribution >= 0.6 is 34.2 Å². The molecule has 0 aliphatic rings. The summed E-state index contributed by atoms with van der Waals surface area (Å²) in [6.45, 7) is 0.307. The highest BCUT2D eigenvalue weighted by molar-refractivity contribution is 14.1. The van der Waals surface area contributed by atoms with Crippen LogP contribution in [0.1, 0.15) is 15.9 Å². The lowest BCUT2D eigenvalue weighted by atomic mass is 10.2. The standard InChI is InChI=1S/C15H13ClINO3/c1-20-13-7-10(15(18)19)6-12(17)14(13)21-8-9-4-2-3-5-11(9)16/h2-7H,8H2,1H3,(H2,18,19). The summed E-state index contributed by atoms with van der Waals surface area (Å²) in [7, 11) is 1.51. The Bertz CT molecular complexity index is 676. The fraction of sp³-hybridized carbons (Fsp3) is 0.133. The molecule has 2 N–H and O–H groups in total. The molecule has 0 aliphatic carbocycles. The number of halogens is 2. The van der Waals surface area contributed by atoms with Crippen LogP contribution in [0.15, 0.2) is 36.4 Å². The van der Waals surface area contributed by atoms with E-state index < -0.39 is 5.91 Å². The monoisotopic (exact) mass is 417 g/mol. The maximum absolute atomic E-state index is 11.3. The molecule has 2 aromatic rings. The number of hydrogen-bond acceptors (Lipinski definition) is 3. The van der Waals surface area contributed by atoms with Crippen LogP contribution < -0.4 is 15.2 Å². The topological polar surface area (TPSA) is 61.5 Å². The number of carbonyl (C=O) groups excluding carboxylic acids is 1. The van der Waals surface area contributed by atoms with Crippen LogP contribution in [0.5, 0.6) is 11.5 Å². The van der Waals surface area contributed by atoms with E-state index in [0.717, 1.165) is 9.13 Å². The minimum absolute atomic E-state index is 0.307. The van der Waals surface area contributed by atoms with Crippen LogP contribution in [0.2, 0.25) is 5.02 Å². The first-order valence-corrected chi connectivity index (χ1v) is 7.52. The second-order valence-corrected chi connectivity index (χ2v) is 5.80. The van der Waals surface area contributed by atoms with Crippen molar-refractivity contribution in [3.8, 4) is 11.5 Å². The predicted molar refractivity (Wildman–Crippen MR) is 90.0 cm³/mol. The van der Waals surface area contributed by atoms with E-state index in [0.29, 0.717) is 28.7 Å². The Morgan fingerprint density at radius 1 is 1.33 bits per heavy atom. The molecule has 110 valence electrons. The van der Waals surface area contributed by atoms with Gasteiger partial charge < -0.3 is 15.2 Å². The number of amides is 1. The van der Waals surface area contributed by atoms with Crippen molar-refractivity contribution in [1.82, 2.24) is 0 Å². The van der Waals surface area contributed by atoms with Crippen LogP contribution in [0.25, 0.3) is 0 Å². The zero-order valence-electron chi connectivity index (χ0n) is 11.2. The van der Waals surface area contributed by atoms with Gasteiger partial charge in [-0.3, -0.25) is 4.79 Å². The Morgan fingerprint density at radius 2 is 2.05 bits per heavy atom. The molecule has 0 spiro atoms. The molecule has 2 aromatic carbocycles. The van der Waals surface area contributed by atoms with Crippen molar-refractivity contribution < 1.29 is 14.3 Å². The molecule has 0 saturated heterocycles. The zero-order valence-corrected chi connectivity index (χ0v) is 14.1. The average molecular weight is 418 g/mol. The summed E-state index contributed by atoms with van der Waals surface area (Å²) < 4.78 is 11.8. The molecular weight excluding hydrogens is 405 g/mol. The zero-order chi connectivity index (χ0) is 15.4. The number of hydrogen-bond donors (Lipinski definition) is 1. The first-order chi connectivity index (χ1) is 10.0. The van der Waals surface area contributed by atoms with Crippen molar-refractivity contribution in [2.45, 2.75) is 6.61 Å². The molecule has 0 radical (unpaired) electrons. The number of carbonyl (C=O) groups is 1. The highest BCUT2D eigenvalue weighted by Gasteiger charge is 2.14. The summed E-state index contributed by atoms with van der Waals surface area (Å²) in [4.78, 5) is 11.3. The van der Waals surface area contributed by atoms with Gasteiger partial charge in [0.25, 0.3) is 0 Å². The smallest absolute Gasteiger partial charge is 0.248 e. The maximum atomic E-state index is 11.3. The molecule has 0 saturated carbocycles. The van der Waals surface area contributed by atoms with Gasteiger partial charge in [-0.15, -0.1) is 0 Å². The van der Waals surface area contributed by atoms with Crippen molar-refractivity contribution in [3.63, 3.8) is 0 Å². The minimum Gasteiger partial charge on any atom is -0.493 e. The summed E-state index contributed by atoms with van der Waals surface area (Å²) in [5.41, 5.74) is 6.53. The van der Waals surface area contributed by atoms with Crippen LogP contribution in [0.4, 0.5) is 0 Å². The van der Waals surface area contributed by atoms with Crippen LogP contribution in [-0.2, 0) is 6.61 Å². The van der Waals surface area contributed by atoms with Gasteiger partial charge in [-0.2, -0.15) is 0 Å². The highest BCUT2D eigenvalue weighted by atomic mass is 127. The van der Waals surface area contributed by atoms with E-state index in [1.807, 2.05) is 18.2 Å². The van der Waals surface area contributed by atoms with Crippen LogP contribution in [0.3, 0.4) is 0 Å². The van der Waals surface area contributed by atoms with Gasteiger partial charge in [-0.05, 0) is 40.8 Å². The van der Waals surface area contributed by atoms with E-state index in [4.69, 9.17) is 26.8 Å². The number of methoxy groups -OCH3 is 1. The highest BCUT2D eigenvalue weighted by Crippen LogP contribution is 2.34. The van der Waals surface area contributed by atoms with Gasteiger partial charge in [-0.1, -0.05) is 29.8 Å². The number of primary amides is 1. The largest absolute Gasteiger partial charge is 0.493 e. The molecule has 0 aromatic heterocycles. The first kappa shape index (κ1) is 15.9. The van der Waals surface area contributed by atoms with Gasteiger partial charge in [0.1, 0.15) is 6.61 Å². The quantitative estimate of drug-likeness (QED) is 0.756. The van der Waals surface area contributed by atoms with E-state index in [-0.39, 0.29) is 0 Å². The Labute approximate surface area is 141 Å². The van der Waals surface area contributed by atoms with E-state index in [1.54, 1.807) is 18.2 Å². The Morgan fingerprint density at radius 3 is 2.67 bits per heavy atom. The van der Waals surface area contributed by atoms with Crippen molar-refractivity contribution in [3.05, 3.63) is 56.1 Å². The maximum Gasteiger partial charge on any atom is 0.248 e. The molecule has 6 heteroatoms. The molecule has 4 nitrogen and oxygen atoms in total. The molecule has 1 amide bonds. The lowest BCUT2D eigenvalue weighted by Crippen LogP contribution is -2.12. The molecule has 0 aliphatic heterocycles. The van der Waals surface area contributed by atoms with Gasteiger partial charge in [-0.25, -0.2) is 0 Å². The molecule has 0 atom stereocenters. The minimum atomic E-state index is -0.510. The predicted octanol–water partition coefficient (Wildman–Crippen LogP) is 3.63. The van der Waals surface area contributed by atoms with E-state index in [9.17, 15) is 4.79 Å². The van der Waals surface area contributed by atoms with Crippen molar-refractivity contribution in [2.24, 2.45) is 5.73 Å². The molecule has 0 bridgehead atoms. The van der Waals surface area contributed by atoms with Crippen LogP contribution in [-0.4, -0.2) is 13.0 Å². The molecule has 2 rings (SSSR count). The van der Waals surface area contributed by atoms with Gasteiger partial charge in [0.2, 0.25) is 5.91 Å². The Kier molecular flexibility index (Phi) is 5.30. The molecule has 21 heavy (non-hydrogen) atoms. The summed E-state index contributed by atoms with van der Waals surface area (Å²) >= 11 is 8.17. The summed E-state index contributed by atoms with van der Waals surface area (Å²) in [6.07, 6.45) is 0. The van der Waals surface area contributed by atoms with E-state index >= 15 is 0 Å². The molecule has 0 unspecified atom stereocenters. The van der Waals surface area contributed by atoms with Crippen LogP contribution in [0, 0.1) is 3.57 Å². The normalized spacial score (nSPS) is 10.2. The number of benzene rings is 2. The molecule has 0 fully saturated rings. The number of ether oxygens (including phenoxy) is 2. The van der Waals surface area contributed by atoms with Gasteiger partial charge in [0, 0.05) is 16.1 Å². The van der Waals surface area contributed by atoms with Gasteiger partial charge in [0.15, 0.2) is 11.5 Å². The Hall–Kier alpha value is -1.47. The molecular formula is C15H13ClINO3. The Balaban J connectivity index is 2.28. The fourth-order valence-electron chi connectivity index (χ4n) is 1.77. The van der Waals surface area contributed by atoms with Gasteiger partial charge >= 0.3 is 0 Å². The van der Waals surface area contributed by atoms with E-state index in [1.165, 1.54) is 7.11 Å². The van der Waals surface area contributed by atoms with Crippen molar-refractivity contribution in [1.29, 1.82) is 0 Å². The summed E-state index contributed by atoms with van der Waals surface area (Å²) in [5.74, 6) is 0.509. The number of rotatable bonds is 5. The third-order valence-electron chi connectivity index (χ3n) is 2.84. The second-order valence-electron chi connectivity index (χ2n) is 4.23. The van der Waals surface area contributed by atoms with E-state index in [2.05, 4.69) is 22.6 Å². The van der Waals surface area contributed by atoms with Crippen molar-refractivity contribution in [2.75, 3.05) is 7.11 Å². The second kappa shape index (κ2) is 7.00. The molecule has 0 heterocycles. The first-order valence-electron chi connectivity index (χ1n) is 6.06. The van der Waals surface area contributed by atoms with Gasteiger partial charge in [0.05, 0.1) is 10.7 Å². The lowest BCUT2D eigenvalue weighted by Gasteiger charge is -2.14. The fourth-order valence-corrected chi connectivity index (χ4v) is 2.71. The SMILES string of the molecule is COc1cc(C(N)=O)cc(I)c1OCc1ccccc1Cl. The lowest BCUT2D eigenvalue weighted by molar-refractivity contribution is 0.1000. The number of nitrogens with two attached hydrogens (primary N) is 1. The third kappa shape index (κ3) is 3.79. The summed E-state index contributed by atoms with van der Waals surface area (Å²) in [6, 6.07) is 10.7. The van der Waals surface area contributed by atoms with Crippen molar-refractivity contribution >= 4 is 40.1 Å².